The molecule has 0 saturated carbocycles. The monoisotopic (exact) mass is 396 g/mol. The fourth-order valence-electron chi connectivity index (χ4n) is 4.02. The SMILES string of the molecule is N#Cc1cccnc1CC1c2ccccc2C(=O)N1Cc1ccc2[nH]c(=O)oc2c1. The fourth-order valence-corrected chi connectivity index (χ4v) is 4.02. The van der Waals surface area contributed by atoms with Crippen LogP contribution in [-0.4, -0.2) is 20.8 Å². The number of rotatable bonds is 4. The van der Waals surface area contributed by atoms with Crippen molar-refractivity contribution in [3.8, 4) is 6.07 Å². The molecule has 3 heterocycles. The predicted molar refractivity (Wildman–Crippen MR) is 109 cm³/mol. The van der Waals surface area contributed by atoms with Gasteiger partial charge in [-0.1, -0.05) is 24.3 Å². The molecular formula is C23H16N4O3. The minimum absolute atomic E-state index is 0.0688. The van der Waals surface area contributed by atoms with Crippen LogP contribution in [0.15, 0.2) is 70.0 Å². The first-order valence-electron chi connectivity index (χ1n) is 9.49. The van der Waals surface area contributed by atoms with Crippen molar-refractivity contribution in [2.45, 2.75) is 19.0 Å². The number of hydrogen-bond acceptors (Lipinski definition) is 5. The van der Waals surface area contributed by atoms with E-state index in [0.717, 1.165) is 11.1 Å². The van der Waals surface area contributed by atoms with Gasteiger partial charge in [0.1, 0.15) is 6.07 Å². The Balaban J connectivity index is 1.53. The largest absolute Gasteiger partial charge is 0.417 e. The van der Waals surface area contributed by atoms with Crippen molar-refractivity contribution in [1.29, 1.82) is 5.26 Å². The lowest BCUT2D eigenvalue weighted by molar-refractivity contribution is 0.0708. The highest BCUT2D eigenvalue weighted by Crippen LogP contribution is 2.37. The zero-order valence-electron chi connectivity index (χ0n) is 15.8. The molecule has 0 radical (unpaired) electrons. The molecule has 0 aliphatic carbocycles. The highest BCUT2D eigenvalue weighted by molar-refractivity contribution is 5.99. The summed E-state index contributed by atoms with van der Waals surface area (Å²) >= 11 is 0. The molecule has 0 spiro atoms. The van der Waals surface area contributed by atoms with E-state index in [-0.39, 0.29) is 11.9 Å². The van der Waals surface area contributed by atoms with Gasteiger partial charge < -0.3 is 9.32 Å². The van der Waals surface area contributed by atoms with E-state index in [0.29, 0.717) is 40.9 Å². The molecule has 2 aromatic heterocycles. The van der Waals surface area contributed by atoms with Gasteiger partial charge in [0.15, 0.2) is 5.58 Å². The Hall–Kier alpha value is -4.18. The van der Waals surface area contributed by atoms with Crippen LogP contribution in [0.25, 0.3) is 11.1 Å². The lowest BCUT2D eigenvalue weighted by Crippen LogP contribution is -2.29. The van der Waals surface area contributed by atoms with Crippen LogP contribution < -0.4 is 5.76 Å². The highest BCUT2D eigenvalue weighted by Gasteiger charge is 2.37. The fraction of sp³-hybridized carbons (Fsp3) is 0.130. The Kier molecular flexibility index (Phi) is 4.18. The smallest absolute Gasteiger partial charge is 0.408 e. The maximum atomic E-state index is 13.2. The molecule has 7 heteroatoms. The molecule has 1 aliphatic heterocycles. The van der Waals surface area contributed by atoms with Crippen LogP contribution >= 0.6 is 0 Å². The molecular weight excluding hydrogens is 380 g/mol. The number of aromatic amines is 1. The number of H-pyrrole nitrogens is 1. The van der Waals surface area contributed by atoms with E-state index in [1.165, 1.54) is 0 Å². The van der Waals surface area contributed by atoms with Crippen LogP contribution in [0.3, 0.4) is 0 Å². The van der Waals surface area contributed by atoms with Gasteiger partial charge in [0, 0.05) is 24.7 Å². The standard InChI is InChI=1S/C23H16N4O3/c24-12-15-4-3-9-25-19(15)11-20-16-5-1-2-6-17(16)22(28)27(20)13-14-7-8-18-21(10-14)30-23(29)26-18/h1-10,20H,11,13H2,(H,26,29). The van der Waals surface area contributed by atoms with Crippen molar-refractivity contribution >= 4 is 17.0 Å². The first-order valence-corrected chi connectivity index (χ1v) is 9.49. The van der Waals surface area contributed by atoms with Gasteiger partial charge in [-0.05, 0) is 41.5 Å². The minimum atomic E-state index is -0.510. The first kappa shape index (κ1) is 17.9. The molecule has 0 fully saturated rings. The van der Waals surface area contributed by atoms with Crippen LogP contribution in [0.1, 0.15) is 38.8 Å². The second-order valence-corrected chi connectivity index (χ2v) is 7.19. The lowest BCUT2D eigenvalue weighted by atomic mass is 9.98. The van der Waals surface area contributed by atoms with Crippen molar-refractivity contribution in [2.24, 2.45) is 0 Å². The summed E-state index contributed by atoms with van der Waals surface area (Å²) in [7, 11) is 0. The summed E-state index contributed by atoms with van der Waals surface area (Å²) in [6, 6.07) is 18.3. The molecule has 0 saturated heterocycles. The third-order valence-electron chi connectivity index (χ3n) is 5.42. The zero-order chi connectivity index (χ0) is 20.7. The number of carbonyl (C=O) groups excluding carboxylic acids is 1. The third kappa shape index (κ3) is 2.95. The molecule has 1 unspecified atom stereocenters. The number of hydrogen-bond donors (Lipinski definition) is 1. The number of oxazole rings is 1. The molecule has 146 valence electrons. The van der Waals surface area contributed by atoms with Crippen LogP contribution in [-0.2, 0) is 13.0 Å². The first-order chi connectivity index (χ1) is 14.6. The van der Waals surface area contributed by atoms with Crippen molar-refractivity contribution in [2.75, 3.05) is 0 Å². The van der Waals surface area contributed by atoms with Crippen molar-refractivity contribution in [3.63, 3.8) is 0 Å². The summed E-state index contributed by atoms with van der Waals surface area (Å²) < 4.78 is 5.15. The molecule has 5 rings (SSSR count). The second kappa shape index (κ2) is 7.01. The van der Waals surface area contributed by atoms with Gasteiger partial charge in [-0.15, -0.1) is 0 Å². The average molecular weight is 396 g/mol. The zero-order valence-corrected chi connectivity index (χ0v) is 15.8. The predicted octanol–water partition coefficient (Wildman–Crippen LogP) is 3.33. The van der Waals surface area contributed by atoms with E-state index in [9.17, 15) is 14.9 Å². The molecule has 1 atom stereocenters. The van der Waals surface area contributed by atoms with Crippen LogP contribution in [0, 0.1) is 11.3 Å². The topological polar surface area (TPSA) is 103 Å². The molecule has 4 aromatic rings. The Bertz CT molecular complexity index is 1380. The van der Waals surface area contributed by atoms with Crippen LogP contribution in [0.5, 0.6) is 0 Å². The molecule has 2 aromatic carbocycles. The molecule has 0 bridgehead atoms. The quantitative estimate of drug-likeness (QED) is 0.570. The molecule has 1 aliphatic rings. The van der Waals surface area contributed by atoms with Gasteiger partial charge in [-0.2, -0.15) is 5.26 Å². The van der Waals surface area contributed by atoms with Crippen molar-refractivity contribution in [3.05, 3.63) is 99.3 Å². The number of aromatic nitrogens is 2. The van der Waals surface area contributed by atoms with Crippen molar-refractivity contribution in [1.82, 2.24) is 14.9 Å². The van der Waals surface area contributed by atoms with E-state index in [1.54, 1.807) is 35.4 Å². The van der Waals surface area contributed by atoms with Crippen LogP contribution in [0.4, 0.5) is 0 Å². The van der Waals surface area contributed by atoms with Gasteiger partial charge in [-0.25, -0.2) is 4.79 Å². The summed E-state index contributed by atoms with van der Waals surface area (Å²) in [6.45, 7) is 0.345. The normalized spacial score (nSPS) is 15.4. The van der Waals surface area contributed by atoms with E-state index in [1.807, 2.05) is 30.3 Å². The minimum Gasteiger partial charge on any atom is -0.408 e. The number of pyridine rings is 1. The molecule has 1 amide bonds. The van der Waals surface area contributed by atoms with E-state index >= 15 is 0 Å². The second-order valence-electron chi connectivity index (χ2n) is 7.19. The number of fused-ring (bicyclic) bond motifs is 2. The summed E-state index contributed by atoms with van der Waals surface area (Å²) in [5, 5.41) is 9.43. The maximum absolute atomic E-state index is 13.2. The van der Waals surface area contributed by atoms with Gasteiger partial charge >= 0.3 is 5.76 Å². The van der Waals surface area contributed by atoms with Gasteiger partial charge in [0.05, 0.1) is 22.8 Å². The number of nitriles is 1. The Morgan fingerprint density at radius 1 is 1.13 bits per heavy atom. The lowest BCUT2D eigenvalue weighted by Gasteiger charge is -2.25. The number of nitrogens with zero attached hydrogens (tertiary/aromatic N) is 3. The van der Waals surface area contributed by atoms with Gasteiger partial charge in [0.25, 0.3) is 5.91 Å². The van der Waals surface area contributed by atoms with Gasteiger partial charge in [-0.3, -0.25) is 14.8 Å². The third-order valence-corrected chi connectivity index (χ3v) is 5.42. The van der Waals surface area contributed by atoms with E-state index in [2.05, 4.69) is 16.0 Å². The number of carbonyl (C=O) groups is 1. The average Bonchev–Trinajstić information content (AvgIpc) is 3.26. The van der Waals surface area contributed by atoms with E-state index < -0.39 is 5.76 Å². The Morgan fingerprint density at radius 2 is 2.00 bits per heavy atom. The molecule has 7 nitrogen and oxygen atoms in total. The van der Waals surface area contributed by atoms with E-state index in [4.69, 9.17) is 4.42 Å². The molecule has 30 heavy (non-hydrogen) atoms. The Labute approximate surface area is 171 Å². The number of benzene rings is 2. The number of nitrogens with one attached hydrogen (secondary N) is 1. The summed E-state index contributed by atoms with van der Waals surface area (Å²) in [6.07, 6.45) is 2.10. The van der Waals surface area contributed by atoms with Crippen molar-refractivity contribution < 1.29 is 9.21 Å². The number of amides is 1. The summed E-state index contributed by atoms with van der Waals surface area (Å²) in [5.74, 6) is -0.579. The molecule has 1 N–H and O–H groups in total. The van der Waals surface area contributed by atoms with Crippen LogP contribution in [0.2, 0.25) is 0 Å². The summed E-state index contributed by atoms with van der Waals surface area (Å²) in [4.78, 5) is 33.4. The maximum Gasteiger partial charge on any atom is 0.417 e. The Morgan fingerprint density at radius 3 is 2.87 bits per heavy atom. The summed E-state index contributed by atoms with van der Waals surface area (Å²) in [5.41, 5.74) is 4.66. The van der Waals surface area contributed by atoms with Gasteiger partial charge in [0.2, 0.25) is 0 Å². The highest BCUT2D eigenvalue weighted by atomic mass is 16.4.